The van der Waals surface area contributed by atoms with Gasteiger partial charge in [-0.3, -0.25) is 0 Å². The number of hydrogen-bond acceptors (Lipinski definition) is 4. The number of nitrogens with one attached hydrogen (secondary N) is 1. The lowest BCUT2D eigenvalue weighted by Crippen LogP contribution is -2.07. The Morgan fingerprint density at radius 1 is 1.29 bits per heavy atom. The highest BCUT2D eigenvalue weighted by molar-refractivity contribution is 6.32. The maximum absolute atomic E-state index is 8.58. The molecule has 0 spiro atoms. The van der Waals surface area contributed by atoms with E-state index < -0.39 is 0 Å². The minimum Gasteiger partial charge on any atom is -0.496 e. The zero-order valence-corrected chi connectivity index (χ0v) is 8.76. The van der Waals surface area contributed by atoms with Crippen molar-refractivity contribution in [3.8, 4) is 11.5 Å². The highest BCUT2D eigenvalue weighted by Gasteiger charge is 2.08. The van der Waals surface area contributed by atoms with Crippen molar-refractivity contribution < 1.29 is 14.7 Å². The number of methoxy groups -OCH3 is 2. The van der Waals surface area contributed by atoms with Crippen LogP contribution >= 0.6 is 11.6 Å². The molecule has 0 aromatic heterocycles. The lowest BCUT2D eigenvalue weighted by Gasteiger charge is -2.11. The van der Waals surface area contributed by atoms with Gasteiger partial charge in [-0.1, -0.05) is 11.6 Å². The Labute approximate surface area is 87.4 Å². The van der Waals surface area contributed by atoms with Gasteiger partial charge in [0.25, 0.3) is 0 Å². The second-order valence-electron chi connectivity index (χ2n) is 2.63. The molecular weight excluding hydrogens is 206 g/mol. The topological polar surface area (TPSA) is 50.7 Å². The summed E-state index contributed by atoms with van der Waals surface area (Å²) in [5.41, 5.74) is 2.81. The van der Waals surface area contributed by atoms with Crippen molar-refractivity contribution >= 4 is 11.6 Å². The summed E-state index contributed by atoms with van der Waals surface area (Å²) in [6.45, 7) is 0.271. The Kier molecular flexibility index (Phi) is 4.00. The summed E-state index contributed by atoms with van der Waals surface area (Å²) < 4.78 is 10.1. The quantitative estimate of drug-likeness (QED) is 0.756. The van der Waals surface area contributed by atoms with E-state index in [9.17, 15) is 0 Å². The third kappa shape index (κ3) is 2.29. The smallest absolute Gasteiger partial charge is 0.141 e. The fraction of sp³-hybridized carbons (Fsp3) is 0.333. The Morgan fingerprint density at radius 2 is 1.93 bits per heavy atom. The largest absolute Gasteiger partial charge is 0.496 e. The molecule has 14 heavy (non-hydrogen) atoms. The zero-order chi connectivity index (χ0) is 10.6. The molecular formula is C9H12ClNO3. The van der Waals surface area contributed by atoms with Crippen molar-refractivity contribution in [2.75, 3.05) is 14.2 Å². The van der Waals surface area contributed by atoms with Gasteiger partial charge in [0.05, 0.1) is 19.2 Å². The van der Waals surface area contributed by atoms with Crippen LogP contribution in [0.3, 0.4) is 0 Å². The van der Waals surface area contributed by atoms with Crippen molar-refractivity contribution in [2.24, 2.45) is 0 Å². The molecule has 2 N–H and O–H groups in total. The van der Waals surface area contributed by atoms with Gasteiger partial charge in [0.2, 0.25) is 0 Å². The molecule has 0 aliphatic rings. The van der Waals surface area contributed by atoms with E-state index in [2.05, 4.69) is 0 Å². The summed E-state index contributed by atoms with van der Waals surface area (Å²) in [7, 11) is 3.08. The average Bonchev–Trinajstić information content (AvgIpc) is 2.19. The van der Waals surface area contributed by atoms with Crippen molar-refractivity contribution in [1.82, 2.24) is 5.48 Å². The highest BCUT2D eigenvalue weighted by atomic mass is 35.5. The lowest BCUT2D eigenvalue weighted by atomic mass is 10.2. The van der Waals surface area contributed by atoms with Gasteiger partial charge in [0.15, 0.2) is 0 Å². The predicted octanol–water partition coefficient (Wildman–Crippen LogP) is 1.84. The molecule has 0 amide bonds. The van der Waals surface area contributed by atoms with Gasteiger partial charge in [0.1, 0.15) is 11.5 Å². The molecule has 0 bridgehead atoms. The van der Waals surface area contributed by atoms with Gasteiger partial charge in [-0.15, -0.1) is 0 Å². The first kappa shape index (κ1) is 11.1. The van der Waals surface area contributed by atoms with Crippen LogP contribution in [-0.4, -0.2) is 19.4 Å². The first-order chi connectivity index (χ1) is 6.72. The van der Waals surface area contributed by atoms with Crippen LogP contribution in [0.15, 0.2) is 12.1 Å². The van der Waals surface area contributed by atoms with Crippen molar-refractivity contribution in [3.05, 3.63) is 22.7 Å². The number of rotatable bonds is 4. The van der Waals surface area contributed by atoms with Crippen molar-refractivity contribution in [2.45, 2.75) is 6.54 Å². The van der Waals surface area contributed by atoms with Gasteiger partial charge in [0, 0.05) is 18.2 Å². The average molecular weight is 218 g/mol. The summed E-state index contributed by atoms with van der Waals surface area (Å²) in [5, 5.41) is 9.06. The molecule has 4 nitrogen and oxygen atoms in total. The monoisotopic (exact) mass is 217 g/mol. The highest BCUT2D eigenvalue weighted by Crippen LogP contribution is 2.32. The molecule has 0 radical (unpaired) electrons. The molecule has 0 saturated heterocycles. The minimum absolute atomic E-state index is 0.271. The second kappa shape index (κ2) is 5.05. The molecule has 0 aliphatic carbocycles. The summed E-state index contributed by atoms with van der Waals surface area (Å²) in [4.78, 5) is 0. The third-order valence-electron chi connectivity index (χ3n) is 1.82. The zero-order valence-electron chi connectivity index (χ0n) is 8.00. The summed E-state index contributed by atoms with van der Waals surface area (Å²) in [5.74, 6) is 1.16. The molecule has 0 heterocycles. The first-order valence-electron chi connectivity index (χ1n) is 4.00. The van der Waals surface area contributed by atoms with Crippen LogP contribution < -0.4 is 15.0 Å². The maximum atomic E-state index is 8.58. The number of hydroxylamine groups is 1. The standard InChI is InChI=1S/C9H12ClNO3/c1-13-8-4-9(14-2)7(10)3-6(8)5-11-12/h3-4,11-12H,5H2,1-2H3. The first-order valence-corrected chi connectivity index (χ1v) is 4.38. The number of benzene rings is 1. The number of halogens is 1. The molecule has 0 atom stereocenters. The maximum Gasteiger partial charge on any atom is 0.141 e. The predicted molar refractivity (Wildman–Crippen MR) is 53.2 cm³/mol. The van der Waals surface area contributed by atoms with Gasteiger partial charge in [-0.25, -0.2) is 5.48 Å². The van der Waals surface area contributed by atoms with E-state index >= 15 is 0 Å². The van der Waals surface area contributed by atoms with Crippen LogP contribution in [0, 0.1) is 0 Å². The number of ether oxygens (including phenoxy) is 2. The van der Waals surface area contributed by atoms with Gasteiger partial charge in [-0.2, -0.15) is 0 Å². The molecule has 78 valence electrons. The van der Waals surface area contributed by atoms with Crippen LogP contribution in [0.5, 0.6) is 11.5 Å². The second-order valence-corrected chi connectivity index (χ2v) is 3.04. The van der Waals surface area contributed by atoms with Crippen LogP contribution in [0.4, 0.5) is 0 Å². The van der Waals surface area contributed by atoms with E-state index in [4.69, 9.17) is 26.3 Å². The summed E-state index contributed by atoms with van der Waals surface area (Å²) in [6, 6.07) is 3.36. The SMILES string of the molecule is COc1cc(OC)c(CNO)cc1Cl. The van der Waals surface area contributed by atoms with Gasteiger partial charge < -0.3 is 14.7 Å². The van der Waals surface area contributed by atoms with Crippen LogP contribution in [0.1, 0.15) is 5.56 Å². The fourth-order valence-electron chi connectivity index (χ4n) is 1.15. The Morgan fingerprint density at radius 3 is 2.43 bits per heavy atom. The summed E-state index contributed by atoms with van der Waals surface area (Å²) >= 11 is 5.90. The fourth-order valence-corrected chi connectivity index (χ4v) is 1.41. The Hall–Kier alpha value is -0.970. The molecule has 1 rings (SSSR count). The van der Waals surface area contributed by atoms with Crippen LogP contribution in [0.25, 0.3) is 0 Å². The van der Waals surface area contributed by atoms with E-state index in [1.54, 1.807) is 19.2 Å². The Bertz CT molecular complexity index is 317. The van der Waals surface area contributed by atoms with Crippen molar-refractivity contribution in [3.63, 3.8) is 0 Å². The number of hydrogen-bond donors (Lipinski definition) is 2. The minimum atomic E-state index is 0.271. The lowest BCUT2D eigenvalue weighted by molar-refractivity contribution is 0.160. The molecule has 1 aromatic carbocycles. The van der Waals surface area contributed by atoms with Gasteiger partial charge >= 0.3 is 0 Å². The van der Waals surface area contributed by atoms with Gasteiger partial charge in [-0.05, 0) is 6.07 Å². The van der Waals surface area contributed by atoms with E-state index in [-0.39, 0.29) is 6.54 Å². The van der Waals surface area contributed by atoms with E-state index in [1.165, 1.54) is 7.11 Å². The third-order valence-corrected chi connectivity index (χ3v) is 2.12. The molecule has 0 saturated carbocycles. The molecule has 0 aliphatic heterocycles. The molecule has 0 unspecified atom stereocenters. The molecule has 1 aromatic rings. The molecule has 5 heteroatoms. The Balaban J connectivity index is 3.10. The van der Waals surface area contributed by atoms with E-state index in [1.807, 2.05) is 5.48 Å². The normalized spacial score (nSPS) is 10.0. The van der Waals surface area contributed by atoms with Crippen LogP contribution in [-0.2, 0) is 6.54 Å². The molecule has 0 fully saturated rings. The van der Waals surface area contributed by atoms with Crippen molar-refractivity contribution in [1.29, 1.82) is 0 Å². The van der Waals surface area contributed by atoms with E-state index in [0.29, 0.717) is 16.5 Å². The van der Waals surface area contributed by atoms with Crippen LogP contribution in [0.2, 0.25) is 5.02 Å². The van der Waals surface area contributed by atoms with E-state index in [0.717, 1.165) is 5.56 Å². The summed E-state index contributed by atoms with van der Waals surface area (Å²) in [6.07, 6.45) is 0.